The van der Waals surface area contributed by atoms with Crippen molar-refractivity contribution in [3.05, 3.63) is 47.8 Å². The first-order chi connectivity index (χ1) is 12.2. The fraction of sp³-hybridized carbons (Fsp3) is 0.450. The van der Waals surface area contributed by atoms with Gasteiger partial charge in [-0.25, -0.2) is 9.97 Å². The number of aromatic nitrogens is 2. The Morgan fingerprint density at radius 3 is 2.68 bits per heavy atom. The van der Waals surface area contributed by atoms with Crippen LogP contribution in [0.2, 0.25) is 0 Å². The molecule has 1 saturated heterocycles. The van der Waals surface area contributed by atoms with Crippen molar-refractivity contribution in [3.63, 3.8) is 0 Å². The van der Waals surface area contributed by atoms with E-state index in [1.807, 2.05) is 41.4 Å². The van der Waals surface area contributed by atoms with E-state index in [0.29, 0.717) is 5.95 Å². The monoisotopic (exact) mass is 336 g/mol. The lowest BCUT2D eigenvalue weighted by Crippen LogP contribution is -2.46. The molecule has 25 heavy (non-hydrogen) atoms. The molecule has 2 aromatic rings. The number of nitrogens with one attached hydrogen (secondary N) is 1. The molecule has 1 aliphatic heterocycles. The normalized spacial score (nSPS) is 22.5. The third-order valence-corrected chi connectivity index (χ3v) is 5.41. The number of anilines is 2. The molecule has 1 aromatic heterocycles. The molecule has 1 unspecified atom stereocenters. The number of carbonyl (C=O) groups is 1. The fourth-order valence-electron chi connectivity index (χ4n) is 4.01. The van der Waals surface area contributed by atoms with Gasteiger partial charge in [0.1, 0.15) is 0 Å². The highest BCUT2D eigenvalue weighted by atomic mass is 16.2. The van der Waals surface area contributed by atoms with Gasteiger partial charge in [0.15, 0.2) is 0 Å². The third kappa shape index (κ3) is 2.99. The van der Waals surface area contributed by atoms with Gasteiger partial charge >= 0.3 is 0 Å². The number of hydrogen-bond donors (Lipinski definition) is 1. The van der Waals surface area contributed by atoms with Crippen LogP contribution in [-0.2, 0) is 16.6 Å². The highest BCUT2D eigenvalue weighted by Gasteiger charge is 2.43. The Morgan fingerprint density at radius 1 is 1.16 bits per heavy atom. The highest BCUT2D eigenvalue weighted by molar-refractivity contribution is 5.88. The molecule has 0 bridgehead atoms. The highest BCUT2D eigenvalue weighted by Crippen LogP contribution is 2.38. The van der Waals surface area contributed by atoms with Crippen molar-refractivity contribution in [2.24, 2.45) is 0 Å². The van der Waals surface area contributed by atoms with Gasteiger partial charge in [0.25, 0.3) is 0 Å². The maximum absolute atomic E-state index is 13.2. The number of hydrogen-bond acceptors (Lipinski definition) is 4. The molecule has 1 aliphatic carbocycles. The van der Waals surface area contributed by atoms with E-state index in [4.69, 9.17) is 4.98 Å². The summed E-state index contributed by atoms with van der Waals surface area (Å²) in [6.07, 6.45) is 6.93. The lowest BCUT2D eigenvalue weighted by Gasteiger charge is -2.36. The van der Waals surface area contributed by atoms with Crippen LogP contribution in [0.15, 0.2) is 36.5 Å². The van der Waals surface area contributed by atoms with Gasteiger partial charge in [-0.15, -0.1) is 0 Å². The average molecular weight is 336 g/mol. The maximum Gasteiger partial charge on any atom is 0.234 e. The number of carbonyl (C=O) groups excluding carboxylic acids is 1. The van der Waals surface area contributed by atoms with Gasteiger partial charge in [0.2, 0.25) is 11.9 Å². The second-order valence-corrected chi connectivity index (χ2v) is 7.24. The SMILES string of the molecule is CC1(C(=O)N2CCCC2)CCCc2cnc(Nc3ccccc3)nc21. The van der Waals surface area contributed by atoms with Crippen LogP contribution in [0.3, 0.4) is 0 Å². The summed E-state index contributed by atoms with van der Waals surface area (Å²) in [5, 5.41) is 3.25. The van der Waals surface area contributed by atoms with Crippen molar-refractivity contribution in [3.8, 4) is 0 Å². The molecular formula is C20H24N4O. The Bertz CT molecular complexity index is 771. The largest absolute Gasteiger partial charge is 0.342 e. The molecule has 0 saturated carbocycles. The standard InChI is InChI=1S/C20H24N4O/c1-20(18(25)24-12-5-6-13-24)11-7-8-15-14-21-19(23-17(15)20)22-16-9-3-2-4-10-16/h2-4,9-10,14H,5-8,11-13H2,1H3,(H,21,22,23). The van der Waals surface area contributed by atoms with E-state index in [-0.39, 0.29) is 5.91 Å². The van der Waals surface area contributed by atoms with Crippen LogP contribution >= 0.6 is 0 Å². The molecule has 130 valence electrons. The van der Waals surface area contributed by atoms with Gasteiger partial charge in [-0.2, -0.15) is 0 Å². The van der Waals surface area contributed by atoms with Crippen molar-refractivity contribution in [1.29, 1.82) is 0 Å². The maximum atomic E-state index is 13.2. The minimum atomic E-state index is -0.534. The van der Waals surface area contributed by atoms with Crippen LogP contribution in [0.4, 0.5) is 11.6 Å². The summed E-state index contributed by atoms with van der Waals surface area (Å²) in [5.74, 6) is 0.794. The van der Waals surface area contributed by atoms with Gasteiger partial charge in [-0.3, -0.25) is 4.79 Å². The zero-order chi connectivity index (χ0) is 17.3. The van der Waals surface area contributed by atoms with Crippen molar-refractivity contribution >= 4 is 17.5 Å². The smallest absolute Gasteiger partial charge is 0.234 e. The molecule has 1 amide bonds. The van der Waals surface area contributed by atoms with Gasteiger partial charge in [-0.1, -0.05) is 18.2 Å². The second kappa shape index (κ2) is 6.47. The zero-order valence-electron chi connectivity index (χ0n) is 14.7. The predicted molar refractivity (Wildman–Crippen MR) is 97.9 cm³/mol. The van der Waals surface area contributed by atoms with E-state index in [0.717, 1.165) is 62.1 Å². The number of aryl methyl sites for hydroxylation is 1. The number of benzene rings is 1. The Kier molecular flexibility index (Phi) is 4.15. The molecule has 4 rings (SSSR count). The number of rotatable bonds is 3. The summed E-state index contributed by atoms with van der Waals surface area (Å²) >= 11 is 0. The summed E-state index contributed by atoms with van der Waals surface area (Å²) in [4.78, 5) is 24.5. The summed E-state index contributed by atoms with van der Waals surface area (Å²) in [7, 11) is 0. The van der Waals surface area contributed by atoms with Crippen molar-refractivity contribution in [2.75, 3.05) is 18.4 Å². The van der Waals surface area contributed by atoms with Crippen LogP contribution in [0.1, 0.15) is 43.9 Å². The molecule has 2 heterocycles. The molecule has 5 heteroatoms. The van der Waals surface area contributed by atoms with E-state index >= 15 is 0 Å². The lowest BCUT2D eigenvalue weighted by atomic mass is 9.73. The zero-order valence-corrected chi connectivity index (χ0v) is 14.7. The van der Waals surface area contributed by atoms with E-state index in [9.17, 15) is 4.79 Å². The summed E-state index contributed by atoms with van der Waals surface area (Å²) in [6, 6.07) is 9.89. The Hall–Kier alpha value is -2.43. The van der Waals surface area contributed by atoms with Crippen molar-refractivity contribution < 1.29 is 4.79 Å². The topological polar surface area (TPSA) is 58.1 Å². The number of likely N-dealkylation sites (tertiary alicyclic amines) is 1. The summed E-state index contributed by atoms with van der Waals surface area (Å²) < 4.78 is 0. The molecule has 5 nitrogen and oxygen atoms in total. The Balaban J connectivity index is 1.67. The number of fused-ring (bicyclic) bond motifs is 1. The van der Waals surface area contributed by atoms with Crippen LogP contribution < -0.4 is 5.32 Å². The molecule has 1 fully saturated rings. The average Bonchev–Trinajstić information content (AvgIpc) is 3.17. The van der Waals surface area contributed by atoms with Crippen LogP contribution in [-0.4, -0.2) is 33.9 Å². The molecule has 0 radical (unpaired) electrons. The summed E-state index contributed by atoms with van der Waals surface area (Å²) in [5.41, 5.74) is 2.43. The molecule has 0 spiro atoms. The molecule has 2 aliphatic rings. The first kappa shape index (κ1) is 16.1. The molecular weight excluding hydrogens is 312 g/mol. The Labute approximate surface area is 148 Å². The van der Waals surface area contributed by atoms with E-state index in [2.05, 4.69) is 17.2 Å². The first-order valence-corrected chi connectivity index (χ1v) is 9.15. The number of amides is 1. The first-order valence-electron chi connectivity index (χ1n) is 9.15. The second-order valence-electron chi connectivity index (χ2n) is 7.24. The van der Waals surface area contributed by atoms with E-state index < -0.39 is 5.41 Å². The van der Waals surface area contributed by atoms with Gasteiger partial charge in [0, 0.05) is 25.0 Å². The number of para-hydroxylation sites is 1. The van der Waals surface area contributed by atoms with Crippen LogP contribution in [0, 0.1) is 0 Å². The van der Waals surface area contributed by atoms with Crippen LogP contribution in [0.25, 0.3) is 0 Å². The minimum absolute atomic E-state index is 0.232. The van der Waals surface area contributed by atoms with E-state index in [1.54, 1.807) is 0 Å². The van der Waals surface area contributed by atoms with E-state index in [1.165, 1.54) is 0 Å². The van der Waals surface area contributed by atoms with Gasteiger partial charge in [-0.05, 0) is 56.7 Å². The molecule has 1 N–H and O–H groups in total. The third-order valence-electron chi connectivity index (χ3n) is 5.41. The molecule has 1 atom stereocenters. The van der Waals surface area contributed by atoms with Crippen molar-refractivity contribution in [1.82, 2.24) is 14.9 Å². The Morgan fingerprint density at radius 2 is 1.92 bits per heavy atom. The molecule has 1 aromatic carbocycles. The summed E-state index contributed by atoms with van der Waals surface area (Å²) in [6.45, 7) is 3.82. The van der Waals surface area contributed by atoms with Crippen molar-refractivity contribution in [2.45, 2.75) is 44.4 Å². The predicted octanol–water partition coefficient (Wildman–Crippen LogP) is 3.44. The van der Waals surface area contributed by atoms with Gasteiger partial charge in [0.05, 0.1) is 11.1 Å². The van der Waals surface area contributed by atoms with Crippen LogP contribution in [0.5, 0.6) is 0 Å². The fourth-order valence-corrected chi connectivity index (χ4v) is 4.01. The minimum Gasteiger partial charge on any atom is -0.342 e. The quantitative estimate of drug-likeness (QED) is 0.933. The number of nitrogens with zero attached hydrogens (tertiary/aromatic N) is 3. The lowest BCUT2D eigenvalue weighted by molar-refractivity contribution is -0.136. The van der Waals surface area contributed by atoms with Gasteiger partial charge < -0.3 is 10.2 Å².